The summed E-state index contributed by atoms with van der Waals surface area (Å²) in [5.74, 6) is 0.0431. The number of ketones is 2. The largest absolute Gasteiger partial charge is 0.496 e. The zero-order chi connectivity index (χ0) is 13.3. The van der Waals surface area contributed by atoms with Crippen molar-refractivity contribution in [3.8, 4) is 5.75 Å². The van der Waals surface area contributed by atoms with Gasteiger partial charge >= 0.3 is 0 Å². The standard InChI is InChI=1S/C14H11BrO3/c1-3-5-9-12(15)14(17)8-6-4-7-10(18-2)11(8)13(9)16/h3-4,6-7H,1,5H2,2H3. The van der Waals surface area contributed by atoms with Crippen LogP contribution in [0.4, 0.5) is 0 Å². The Balaban J connectivity index is 2.69. The van der Waals surface area contributed by atoms with Crippen LogP contribution in [0.25, 0.3) is 0 Å². The van der Waals surface area contributed by atoms with Crippen LogP contribution in [0.3, 0.4) is 0 Å². The van der Waals surface area contributed by atoms with Crippen LogP contribution in [-0.2, 0) is 0 Å². The smallest absolute Gasteiger partial charge is 0.201 e. The van der Waals surface area contributed by atoms with Crippen LogP contribution in [-0.4, -0.2) is 18.7 Å². The second kappa shape index (κ2) is 4.90. The molecule has 0 unspecified atom stereocenters. The second-order valence-corrected chi connectivity index (χ2v) is 4.62. The van der Waals surface area contributed by atoms with Gasteiger partial charge in [0.05, 0.1) is 17.2 Å². The van der Waals surface area contributed by atoms with E-state index < -0.39 is 0 Å². The second-order valence-electron chi connectivity index (χ2n) is 3.83. The van der Waals surface area contributed by atoms with Gasteiger partial charge in [0.2, 0.25) is 5.78 Å². The fourth-order valence-electron chi connectivity index (χ4n) is 1.96. The van der Waals surface area contributed by atoms with Gasteiger partial charge in [0.25, 0.3) is 0 Å². The Labute approximate surface area is 113 Å². The fourth-order valence-corrected chi connectivity index (χ4v) is 2.51. The molecule has 92 valence electrons. The first-order valence-corrected chi connectivity index (χ1v) is 6.17. The van der Waals surface area contributed by atoms with Crippen molar-refractivity contribution in [2.24, 2.45) is 0 Å². The van der Waals surface area contributed by atoms with Crippen molar-refractivity contribution in [1.82, 2.24) is 0 Å². The summed E-state index contributed by atoms with van der Waals surface area (Å²) < 4.78 is 5.47. The first-order valence-electron chi connectivity index (χ1n) is 5.37. The van der Waals surface area contributed by atoms with E-state index in [0.29, 0.717) is 33.4 Å². The molecule has 0 radical (unpaired) electrons. The summed E-state index contributed by atoms with van der Waals surface area (Å²) in [4.78, 5) is 24.5. The number of halogens is 1. The predicted octanol–water partition coefficient (Wildman–Crippen LogP) is 3.30. The van der Waals surface area contributed by atoms with Crippen molar-refractivity contribution in [1.29, 1.82) is 0 Å². The van der Waals surface area contributed by atoms with E-state index in [0.717, 1.165) is 0 Å². The molecular weight excluding hydrogens is 296 g/mol. The van der Waals surface area contributed by atoms with Gasteiger partial charge in [0.15, 0.2) is 5.78 Å². The molecule has 0 heterocycles. The van der Waals surface area contributed by atoms with Gasteiger partial charge in [0.1, 0.15) is 5.75 Å². The van der Waals surface area contributed by atoms with Crippen LogP contribution in [0.15, 0.2) is 40.9 Å². The van der Waals surface area contributed by atoms with Crippen LogP contribution >= 0.6 is 15.9 Å². The maximum Gasteiger partial charge on any atom is 0.201 e. The maximum atomic E-state index is 12.4. The topological polar surface area (TPSA) is 43.4 Å². The van der Waals surface area contributed by atoms with E-state index in [-0.39, 0.29) is 11.6 Å². The lowest BCUT2D eigenvalue weighted by Crippen LogP contribution is -2.20. The number of Topliss-reactive ketones (excluding diaryl/α,β-unsaturated/α-hetero) is 2. The van der Waals surface area contributed by atoms with Gasteiger partial charge in [-0.1, -0.05) is 12.1 Å². The Kier molecular flexibility index (Phi) is 3.48. The molecule has 0 bridgehead atoms. The van der Waals surface area contributed by atoms with Gasteiger partial charge in [-0.05, 0) is 34.5 Å². The number of ether oxygens (including phenoxy) is 1. The molecule has 0 saturated heterocycles. The van der Waals surface area contributed by atoms with Crippen molar-refractivity contribution < 1.29 is 14.3 Å². The minimum atomic E-state index is -0.194. The number of hydrogen-bond donors (Lipinski definition) is 0. The molecule has 0 aliphatic heterocycles. The Morgan fingerprint density at radius 3 is 2.67 bits per heavy atom. The van der Waals surface area contributed by atoms with E-state index in [4.69, 9.17) is 4.74 Å². The number of carbonyl (C=O) groups excluding carboxylic acids is 2. The van der Waals surface area contributed by atoms with Crippen LogP contribution in [0, 0.1) is 0 Å². The molecule has 0 aromatic heterocycles. The zero-order valence-corrected chi connectivity index (χ0v) is 11.4. The maximum absolute atomic E-state index is 12.4. The number of allylic oxidation sites excluding steroid dienone is 3. The Morgan fingerprint density at radius 1 is 1.33 bits per heavy atom. The molecule has 1 aromatic rings. The summed E-state index contributed by atoms with van der Waals surface area (Å²) in [6, 6.07) is 5.00. The van der Waals surface area contributed by atoms with Crippen LogP contribution in [0.2, 0.25) is 0 Å². The van der Waals surface area contributed by atoms with Crippen LogP contribution in [0.1, 0.15) is 27.1 Å². The highest BCUT2D eigenvalue weighted by atomic mass is 79.9. The number of hydrogen-bond acceptors (Lipinski definition) is 3. The quantitative estimate of drug-likeness (QED) is 0.805. The fraction of sp³-hybridized carbons (Fsp3) is 0.143. The highest BCUT2D eigenvalue weighted by molar-refractivity contribution is 9.12. The number of fused-ring (bicyclic) bond motifs is 1. The molecule has 0 N–H and O–H groups in total. The molecule has 0 amide bonds. The molecule has 3 nitrogen and oxygen atoms in total. The molecule has 0 fully saturated rings. The molecule has 2 rings (SSSR count). The Bertz CT molecular complexity index is 585. The van der Waals surface area contributed by atoms with Crippen molar-refractivity contribution in [2.75, 3.05) is 7.11 Å². The third-order valence-electron chi connectivity index (χ3n) is 2.80. The van der Waals surface area contributed by atoms with E-state index in [1.807, 2.05) is 0 Å². The number of carbonyl (C=O) groups is 2. The van der Waals surface area contributed by atoms with Gasteiger partial charge in [-0.25, -0.2) is 0 Å². The van der Waals surface area contributed by atoms with Crippen molar-refractivity contribution in [3.05, 3.63) is 52.0 Å². The average molecular weight is 307 g/mol. The van der Waals surface area contributed by atoms with E-state index in [1.54, 1.807) is 24.3 Å². The zero-order valence-electron chi connectivity index (χ0n) is 9.83. The summed E-state index contributed by atoms with van der Waals surface area (Å²) >= 11 is 3.20. The number of benzene rings is 1. The molecule has 1 aliphatic rings. The lowest BCUT2D eigenvalue weighted by Gasteiger charge is -2.19. The Morgan fingerprint density at radius 2 is 2.06 bits per heavy atom. The highest BCUT2D eigenvalue weighted by Gasteiger charge is 2.32. The van der Waals surface area contributed by atoms with E-state index >= 15 is 0 Å². The first kappa shape index (κ1) is 12.8. The molecule has 18 heavy (non-hydrogen) atoms. The van der Waals surface area contributed by atoms with Crippen molar-refractivity contribution in [3.63, 3.8) is 0 Å². The normalized spacial score (nSPS) is 14.6. The van der Waals surface area contributed by atoms with E-state index in [1.165, 1.54) is 7.11 Å². The lowest BCUT2D eigenvalue weighted by molar-refractivity contribution is 0.0978. The minimum absolute atomic E-state index is 0.186. The van der Waals surface area contributed by atoms with E-state index in [9.17, 15) is 9.59 Å². The Hall–Kier alpha value is -1.68. The van der Waals surface area contributed by atoms with Gasteiger partial charge in [-0.15, -0.1) is 6.58 Å². The van der Waals surface area contributed by atoms with Gasteiger partial charge in [-0.3, -0.25) is 9.59 Å². The summed E-state index contributed by atoms with van der Waals surface area (Å²) in [6.45, 7) is 3.60. The summed E-state index contributed by atoms with van der Waals surface area (Å²) in [5.41, 5.74) is 1.14. The third-order valence-corrected chi connectivity index (χ3v) is 3.64. The summed E-state index contributed by atoms with van der Waals surface area (Å²) in [7, 11) is 1.48. The molecular formula is C14H11BrO3. The molecule has 1 aromatic carbocycles. The SMILES string of the molecule is C=CCC1=C(Br)C(=O)c2cccc(OC)c2C1=O. The predicted molar refractivity (Wildman–Crippen MR) is 72.4 cm³/mol. The van der Waals surface area contributed by atoms with Crippen molar-refractivity contribution in [2.45, 2.75) is 6.42 Å². The molecule has 4 heteroatoms. The van der Waals surface area contributed by atoms with Gasteiger partial charge in [-0.2, -0.15) is 0 Å². The van der Waals surface area contributed by atoms with Gasteiger partial charge < -0.3 is 4.74 Å². The van der Waals surface area contributed by atoms with Crippen LogP contribution < -0.4 is 4.74 Å². The summed E-state index contributed by atoms with van der Waals surface area (Å²) in [6.07, 6.45) is 1.95. The lowest BCUT2D eigenvalue weighted by atomic mass is 9.87. The van der Waals surface area contributed by atoms with E-state index in [2.05, 4.69) is 22.5 Å². The average Bonchev–Trinajstić information content (AvgIpc) is 2.40. The third kappa shape index (κ3) is 1.82. The minimum Gasteiger partial charge on any atom is -0.496 e. The monoisotopic (exact) mass is 306 g/mol. The van der Waals surface area contributed by atoms with Crippen molar-refractivity contribution >= 4 is 27.5 Å². The number of methoxy groups -OCH3 is 1. The molecule has 0 spiro atoms. The highest BCUT2D eigenvalue weighted by Crippen LogP contribution is 2.35. The molecule has 0 atom stereocenters. The number of rotatable bonds is 3. The first-order chi connectivity index (χ1) is 8.61. The van der Waals surface area contributed by atoms with Crippen LogP contribution in [0.5, 0.6) is 5.75 Å². The molecule has 1 aliphatic carbocycles. The molecule has 0 saturated carbocycles. The van der Waals surface area contributed by atoms with Gasteiger partial charge in [0, 0.05) is 11.1 Å². The summed E-state index contributed by atoms with van der Waals surface area (Å²) in [5, 5.41) is 0.